The zero-order valence-electron chi connectivity index (χ0n) is 9.54. The molecular weight excluding hydrogens is 198 g/mol. The molecule has 0 aliphatic heterocycles. The van der Waals surface area contributed by atoms with Gasteiger partial charge in [-0.3, -0.25) is 4.79 Å². The lowest BCUT2D eigenvalue weighted by atomic mass is 10.2. The van der Waals surface area contributed by atoms with E-state index in [0.29, 0.717) is 13.2 Å². The molecule has 0 heterocycles. The van der Waals surface area contributed by atoms with Crippen LogP contribution in [0.2, 0.25) is 0 Å². The molecule has 0 aromatic rings. The van der Waals surface area contributed by atoms with Crippen molar-refractivity contribution in [3.8, 4) is 0 Å². The lowest BCUT2D eigenvalue weighted by Crippen LogP contribution is -2.31. The Morgan fingerprint density at radius 1 is 1.27 bits per heavy atom. The highest BCUT2D eigenvalue weighted by Crippen LogP contribution is 1.92. The van der Waals surface area contributed by atoms with Gasteiger partial charge in [-0.05, 0) is 12.3 Å². The van der Waals surface area contributed by atoms with Crippen LogP contribution in [-0.4, -0.2) is 31.8 Å². The molecule has 0 saturated carbocycles. The number of esters is 1. The first-order valence-electron chi connectivity index (χ1n) is 5.12. The average molecular weight is 217 g/mol. The molecule has 5 nitrogen and oxygen atoms in total. The Kier molecular flexibility index (Phi) is 7.40. The van der Waals surface area contributed by atoms with Gasteiger partial charge >= 0.3 is 12.1 Å². The van der Waals surface area contributed by atoms with Crippen molar-refractivity contribution in [3.63, 3.8) is 0 Å². The molecule has 0 unspecified atom stereocenters. The Morgan fingerprint density at radius 2 is 1.93 bits per heavy atom. The number of alkyl carbamates (subject to hydrolysis) is 1. The van der Waals surface area contributed by atoms with Crippen molar-refractivity contribution in [1.82, 2.24) is 5.32 Å². The lowest BCUT2D eigenvalue weighted by molar-refractivity contribution is -0.142. The highest BCUT2D eigenvalue weighted by molar-refractivity contribution is 5.77. The molecule has 0 fully saturated rings. The van der Waals surface area contributed by atoms with Gasteiger partial charge in [0.15, 0.2) is 0 Å². The van der Waals surface area contributed by atoms with Crippen molar-refractivity contribution in [2.45, 2.75) is 27.2 Å². The molecule has 0 radical (unpaired) electrons. The van der Waals surface area contributed by atoms with Gasteiger partial charge in [-0.1, -0.05) is 20.8 Å². The first-order chi connectivity index (χ1) is 7.06. The normalized spacial score (nSPS) is 9.87. The van der Waals surface area contributed by atoms with Gasteiger partial charge in [0.2, 0.25) is 0 Å². The summed E-state index contributed by atoms with van der Waals surface area (Å²) in [5.74, 6) is -0.166. The van der Waals surface area contributed by atoms with E-state index in [9.17, 15) is 9.59 Å². The highest BCUT2D eigenvalue weighted by Gasteiger charge is 2.07. The molecule has 0 aromatic heterocycles. The van der Waals surface area contributed by atoms with E-state index in [1.54, 1.807) is 0 Å². The second-order valence-electron chi connectivity index (χ2n) is 3.57. The third kappa shape index (κ3) is 9.05. The van der Waals surface area contributed by atoms with Gasteiger partial charge in [-0.25, -0.2) is 4.79 Å². The highest BCUT2D eigenvalue weighted by atomic mass is 16.6. The van der Waals surface area contributed by atoms with E-state index in [2.05, 4.69) is 5.32 Å². The van der Waals surface area contributed by atoms with Crippen LogP contribution in [0.15, 0.2) is 0 Å². The monoisotopic (exact) mass is 217 g/mol. The summed E-state index contributed by atoms with van der Waals surface area (Å²) in [7, 11) is 0. The molecule has 0 bridgehead atoms. The number of nitrogens with one attached hydrogen (secondary N) is 1. The quantitative estimate of drug-likeness (QED) is 0.681. The van der Waals surface area contributed by atoms with Gasteiger partial charge < -0.3 is 14.8 Å². The van der Waals surface area contributed by atoms with E-state index < -0.39 is 12.1 Å². The summed E-state index contributed by atoms with van der Waals surface area (Å²) in [5.41, 5.74) is 0. The van der Waals surface area contributed by atoms with Gasteiger partial charge in [0.05, 0.1) is 13.2 Å². The smallest absolute Gasteiger partial charge is 0.407 e. The molecule has 0 saturated heterocycles. The lowest BCUT2D eigenvalue weighted by Gasteiger charge is -2.08. The fraction of sp³-hybridized carbons (Fsp3) is 0.800. The van der Waals surface area contributed by atoms with Crippen molar-refractivity contribution < 1.29 is 19.1 Å². The minimum absolute atomic E-state index is 0.142. The molecular formula is C10H19NO4. The first-order valence-corrected chi connectivity index (χ1v) is 5.12. The number of ether oxygens (including phenoxy) is 2. The summed E-state index contributed by atoms with van der Waals surface area (Å²) in [6, 6.07) is 0. The molecule has 0 aromatic carbocycles. The van der Waals surface area contributed by atoms with Crippen molar-refractivity contribution in [2.75, 3.05) is 19.8 Å². The zero-order chi connectivity index (χ0) is 11.7. The SMILES string of the molecule is CCCOC(=O)CNC(=O)OCC(C)C. The van der Waals surface area contributed by atoms with Crippen molar-refractivity contribution in [1.29, 1.82) is 0 Å². The van der Waals surface area contributed by atoms with Gasteiger partial charge in [0.25, 0.3) is 0 Å². The standard InChI is InChI=1S/C10H19NO4/c1-4-5-14-9(12)6-11-10(13)15-7-8(2)3/h8H,4-7H2,1-3H3,(H,11,13). The van der Waals surface area contributed by atoms with Crippen LogP contribution >= 0.6 is 0 Å². The van der Waals surface area contributed by atoms with Crippen molar-refractivity contribution in [2.24, 2.45) is 5.92 Å². The van der Waals surface area contributed by atoms with Crippen LogP contribution in [0.4, 0.5) is 4.79 Å². The number of rotatable bonds is 6. The summed E-state index contributed by atoms with van der Waals surface area (Å²) < 4.78 is 9.56. The van der Waals surface area contributed by atoms with Crippen molar-refractivity contribution in [3.05, 3.63) is 0 Å². The summed E-state index contributed by atoms with van der Waals surface area (Å²) >= 11 is 0. The second-order valence-corrected chi connectivity index (χ2v) is 3.57. The molecule has 88 valence electrons. The molecule has 0 aliphatic carbocycles. The summed E-state index contributed by atoms with van der Waals surface area (Å²) in [6.45, 7) is 6.34. The molecule has 1 amide bonds. The predicted molar refractivity (Wildman–Crippen MR) is 55.4 cm³/mol. The third-order valence-corrected chi connectivity index (χ3v) is 1.39. The minimum Gasteiger partial charge on any atom is -0.464 e. The van der Waals surface area contributed by atoms with Crippen LogP contribution in [0, 0.1) is 5.92 Å². The summed E-state index contributed by atoms with van der Waals surface area (Å²) in [5, 5.41) is 2.31. The molecule has 15 heavy (non-hydrogen) atoms. The molecule has 0 rings (SSSR count). The van der Waals surface area contributed by atoms with Gasteiger partial charge in [-0.15, -0.1) is 0 Å². The Morgan fingerprint density at radius 3 is 2.47 bits per heavy atom. The van der Waals surface area contributed by atoms with E-state index in [0.717, 1.165) is 6.42 Å². The Labute approximate surface area is 90.1 Å². The van der Waals surface area contributed by atoms with Gasteiger partial charge in [-0.2, -0.15) is 0 Å². The van der Waals surface area contributed by atoms with Gasteiger partial charge in [0.1, 0.15) is 6.54 Å². The van der Waals surface area contributed by atoms with Crippen LogP contribution < -0.4 is 5.32 Å². The Hall–Kier alpha value is -1.26. The second kappa shape index (κ2) is 8.08. The van der Waals surface area contributed by atoms with Gasteiger partial charge in [0, 0.05) is 0 Å². The number of amides is 1. The third-order valence-electron chi connectivity index (χ3n) is 1.39. The summed E-state index contributed by atoms with van der Waals surface area (Å²) in [6.07, 6.45) is 0.181. The zero-order valence-corrected chi connectivity index (χ0v) is 9.54. The molecule has 0 atom stereocenters. The Bertz CT molecular complexity index is 204. The first kappa shape index (κ1) is 13.7. The van der Waals surface area contributed by atoms with Crippen LogP contribution in [0.3, 0.4) is 0 Å². The summed E-state index contributed by atoms with van der Waals surface area (Å²) in [4.78, 5) is 21.9. The maximum absolute atomic E-state index is 11.0. The number of hydrogen-bond acceptors (Lipinski definition) is 4. The molecule has 5 heteroatoms. The van der Waals surface area contributed by atoms with E-state index in [1.165, 1.54) is 0 Å². The van der Waals surface area contributed by atoms with Crippen LogP contribution in [0.1, 0.15) is 27.2 Å². The fourth-order valence-corrected chi connectivity index (χ4v) is 0.705. The average Bonchev–Trinajstić information content (AvgIpc) is 2.20. The van der Waals surface area contributed by atoms with Crippen molar-refractivity contribution >= 4 is 12.1 Å². The number of carbonyl (C=O) groups is 2. The predicted octanol–water partition coefficient (Wildman–Crippen LogP) is 1.32. The van der Waals surface area contributed by atoms with E-state index in [-0.39, 0.29) is 12.5 Å². The Balaban J connectivity index is 3.49. The van der Waals surface area contributed by atoms with Crippen LogP contribution in [-0.2, 0) is 14.3 Å². The molecule has 0 aliphatic rings. The fourth-order valence-electron chi connectivity index (χ4n) is 0.705. The van der Waals surface area contributed by atoms with Crippen LogP contribution in [0.25, 0.3) is 0 Å². The molecule has 0 spiro atoms. The maximum atomic E-state index is 11.0. The number of hydrogen-bond donors (Lipinski definition) is 1. The van der Waals surface area contributed by atoms with E-state index in [4.69, 9.17) is 9.47 Å². The van der Waals surface area contributed by atoms with Crippen LogP contribution in [0.5, 0.6) is 0 Å². The maximum Gasteiger partial charge on any atom is 0.407 e. The minimum atomic E-state index is -0.586. The topological polar surface area (TPSA) is 64.6 Å². The van der Waals surface area contributed by atoms with E-state index >= 15 is 0 Å². The molecule has 1 N–H and O–H groups in total. The largest absolute Gasteiger partial charge is 0.464 e. The van der Waals surface area contributed by atoms with E-state index in [1.807, 2.05) is 20.8 Å². The number of carbonyl (C=O) groups excluding carboxylic acids is 2.